The Morgan fingerprint density at radius 2 is 2.26 bits per heavy atom. The zero-order chi connectivity index (χ0) is 15.8. The maximum atomic E-state index is 13.0. The van der Waals surface area contributed by atoms with E-state index in [2.05, 4.69) is 4.98 Å². The number of aromatic nitrogens is 1. The highest BCUT2D eigenvalue weighted by Gasteiger charge is 2.38. The summed E-state index contributed by atoms with van der Waals surface area (Å²) in [4.78, 5) is 20.4. The van der Waals surface area contributed by atoms with Gasteiger partial charge in [-0.05, 0) is 31.2 Å². The molecule has 4 rings (SSSR count). The summed E-state index contributed by atoms with van der Waals surface area (Å²) in [5.74, 6) is 1.11. The van der Waals surface area contributed by atoms with Gasteiger partial charge in [-0.1, -0.05) is 18.9 Å². The lowest BCUT2D eigenvalue weighted by molar-refractivity contribution is -0.0754. The molecule has 1 saturated carbocycles. The molecule has 1 amide bonds. The van der Waals surface area contributed by atoms with Crippen LogP contribution >= 0.6 is 11.3 Å². The van der Waals surface area contributed by atoms with E-state index in [1.807, 2.05) is 29.3 Å². The van der Waals surface area contributed by atoms with E-state index in [9.17, 15) is 4.79 Å². The number of rotatable bonds is 2. The number of carbonyl (C=O) groups excluding carboxylic acids is 1. The van der Waals surface area contributed by atoms with Crippen LogP contribution in [0.2, 0.25) is 0 Å². The molecule has 0 aromatic carbocycles. The van der Waals surface area contributed by atoms with Crippen molar-refractivity contribution < 1.29 is 13.9 Å². The molecule has 1 saturated heterocycles. The van der Waals surface area contributed by atoms with Crippen molar-refractivity contribution in [1.29, 1.82) is 0 Å². The van der Waals surface area contributed by atoms with E-state index in [1.165, 1.54) is 6.42 Å². The van der Waals surface area contributed by atoms with Crippen molar-refractivity contribution in [2.24, 2.45) is 0 Å². The molecule has 5 nitrogen and oxygen atoms in total. The fourth-order valence-electron chi connectivity index (χ4n) is 3.59. The van der Waals surface area contributed by atoms with Crippen molar-refractivity contribution in [3.63, 3.8) is 0 Å². The van der Waals surface area contributed by atoms with Crippen molar-refractivity contribution in [1.82, 2.24) is 9.88 Å². The first-order valence-electron chi connectivity index (χ1n) is 8.18. The normalized spacial score (nSPS) is 24.5. The molecule has 0 spiro atoms. The van der Waals surface area contributed by atoms with E-state index in [0.29, 0.717) is 30.5 Å². The van der Waals surface area contributed by atoms with Gasteiger partial charge in [-0.25, -0.2) is 4.98 Å². The molecule has 0 radical (unpaired) electrons. The fourth-order valence-corrected chi connectivity index (χ4v) is 4.23. The first-order valence-corrected chi connectivity index (χ1v) is 9.06. The number of morpholine rings is 1. The van der Waals surface area contributed by atoms with E-state index < -0.39 is 0 Å². The molecule has 2 aliphatic rings. The number of aryl methyl sites for hydroxylation is 1. The van der Waals surface area contributed by atoms with Crippen molar-refractivity contribution in [3.8, 4) is 10.8 Å². The largest absolute Gasteiger partial charge is 0.440 e. The zero-order valence-electron chi connectivity index (χ0n) is 13.2. The van der Waals surface area contributed by atoms with Gasteiger partial charge in [0, 0.05) is 6.54 Å². The van der Waals surface area contributed by atoms with Crippen molar-refractivity contribution >= 4 is 17.2 Å². The van der Waals surface area contributed by atoms with Crippen molar-refractivity contribution in [3.05, 3.63) is 29.0 Å². The van der Waals surface area contributed by atoms with Gasteiger partial charge < -0.3 is 14.1 Å². The average molecular weight is 332 g/mol. The highest BCUT2D eigenvalue weighted by Crippen LogP contribution is 2.31. The van der Waals surface area contributed by atoms with E-state index in [0.717, 1.165) is 24.1 Å². The first kappa shape index (κ1) is 14.9. The first-order chi connectivity index (χ1) is 11.2. The van der Waals surface area contributed by atoms with Crippen LogP contribution in [0.25, 0.3) is 10.8 Å². The minimum atomic E-state index is -0.0192. The van der Waals surface area contributed by atoms with Gasteiger partial charge in [0.25, 0.3) is 5.91 Å². The second kappa shape index (κ2) is 6.09. The smallest absolute Gasteiger partial charge is 0.276 e. The molecule has 6 heteroatoms. The minimum absolute atomic E-state index is 0.0192. The van der Waals surface area contributed by atoms with Gasteiger partial charge in [0.2, 0.25) is 5.89 Å². The summed E-state index contributed by atoms with van der Waals surface area (Å²) in [7, 11) is 0. The molecule has 1 aliphatic heterocycles. The summed E-state index contributed by atoms with van der Waals surface area (Å²) in [6, 6.07) is 4.09. The number of hydrogen-bond acceptors (Lipinski definition) is 5. The lowest BCUT2D eigenvalue weighted by Gasteiger charge is -2.43. The van der Waals surface area contributed by atoms with E-state index in [4.69, 9.17) is 9.15 Å². The van der Waals surface area contributed by atoms with Gasteiger partial charge in [-0.3, -0.25) is 4.79 Å². The number of oxazole rings is 1. The molecular formula is C17H20N2O3S. The van der Waals surface area contributed by atoms with Crippen LogP contribution < -0.4 is 0 Å². The maximum absolute atomic E-state index is 13.0. The second-order valence-corrected chi connectivity index (χ2v) is 7.11. The van der Waals surface area contributed by atoms with Crippen LogP contribution in [-0.2, 0) is 4.74 Å². The third kappa shape index (κ3) is 2.70. The summed E-state index contributed by atoms with van der Waals surface area (Å²) >= 11 is 1.56. The van der Waals surface area contributed by atoms with Crippen LogP contribution in [0.3, 0.4) is 0 Å². The molecule has 0 bridgehead atoms. The molecule has 2 atom stereocenters. The zero-order valence-corrected chi connectivity index (χ0v) is 14.0. The molecular weight excluding hydrogens is 312 g/mol. The topological polar surface area (TPSA) is 55.6 Å². The third-order valence-corrected chi connectivity index (χ3v) is 5.58. The predicted molar refractivity (Wildman–Crippen MR) is 87.6 cm³/mol. The fraction of sp³-hybridized carbons (Fsp3) is 0.529. The Balaban J connectivity index is 1.61. The quantitative estimate of drug-likeness (QED) is 0.845. The lowest BCUT2D eigenvalue weighted by Crippen LogP contribution is -2.55. The summed E-state index contributed by atoms with van der Waals surface area (Å²) in [5.41, 5.74) is 0.444. The predicted octanol–water partition coefficient (Wildman–Crippen LogP) is 3.50. The summed E-state index contributed by atoms with van der Waals surface area (Å²) < 4.78 is 11.6. The van der Waals surface area contributed by atoms with Gasteiger partial charge >= 0.3 is 0 Å². The molecule has 0 N–H and O–H groups in total. The van der Waals surface area contributed by atoms with Crippen LogP contribution in [0.5, 0.6) is 0 Å². The Labute approximate surface area is 139 Å². The number of fused-ring (bicyclic) bond motifs is 1. The maximum Gasteiger partial charge on any atom is 0.276 e. The van der Waals surface area contributed by atoms with Crippen LogP contribution in [0.1, 0.15) is 41.9 Å². The van der Waals surface area contributed by atoms with Crippen LogP contribution in [0, 0.1) is 6.92 Å². The Morgan fingerprint density at radius 1 is 1.39 bits per heavy atom. The summed E-state index contributed by atoms with van der Waals surface area (Å²) in [5, 5.41) is 1.98. The lowest BCUT2D eigenvalue weighted by atomic mass is 9.90. The monoisotopic (exact) mass is 332 g/mol. The van der Waals surface area contributed by atoms with Gasteiger partial charge in [0.1, 0.15) is 5.76 Å². The molecule has 2 fully saturated rings. The van der Waals surface area contributed by atoms with E-state index in [-0.39, 0.29) is 18.1 Å². The minimum Gasteiger partial charge on any atom is -0.440 e. The number of nitrogens with zero attached hydrogens (tertiary/aromatic N) is 2. The molecule has 2 aromatic heterocycles. The average Bonchev–Trinajstić information content (AvgIpc) is 3.23. The Kier molecular flexibility index (Phi) is 3.95. The van der Waals surface area contributed by atoms with Crippen LogP contribution in [-0.4, -0.2) is 41.1 Å². The molecule has 23 heavy (non-hydrogen) atoms. The number of ether oxygens (including phenoxy) is 1. The molecule has 122 valence electrons. The highest BCUT2D eigenvalue weighted by molar-refractivity contribution is 7.13. The Morgan fingerprint density at radius 3 is 3.09 bits per heavy atom. The van der Waals surface area contributed by atoms with Crippen molar-refractivity contribution in [2.45, 2.75) is 44.8 Å². The number of thiophene rings is 1. The van der Waals surface area contributed by atoms with Gasteiger partial charge in [-0.15, -0.1) is 11.3 Å². The standard InChI is InChI=1S/C17H20N2O3S/c1-11-15(18-16(22-11)14-7-4-10-23-14)17(20)19-8-9-21-13-6-3-2-5-12(13)19/h4,7,10,12-13H,2-3,5-6,8-9H2,1H3/t12-,13+/m0/s1. The Bertz CT molecular complexity index is 693. The summed E-state index contributed by atoms with van der Waals surface area (Å²) in [6.45, 7) is 3.07. The molecule has 3 heterocycles. The highest BCUT2D eigenvalue weighted by atomic mass is 32.1. The number of hydrogen-bond donors (Lipinski definition) is 0. The van der Waals surface area contributed by atoms with E-state index >= 15 is 0 Å². The molecule has 0 unspecified atom stereocenters. The SMILES string of the molecule is Cc1oc(-c2cccs2)nc1C(=O)N1CCO[C@@H]2CCCC[C@@H]21. The Hall–Kier alpha value is -1.66. The van der Waals surface area contributed by atoms with Gasteiger partial charge in [0.15, 0.2) is 5.69 Å². The third-order valence-electron chi connectivity index (χ3n) is 4.72. The van der Waals surface area contributed by atoms with Gasteiger partial charge in [0.05, 0.1) is 23.6 Å². The van der Waals surface area contributed by atoms with E-state index in [1.54, 1.807) is 11.3 Å². The number of carbonyl (C=O) groups is 1. The second-order valence-electron chi connectivity index (χ2n) is 6.16. The number of amides is 1. The van der Waals surface area contributed by atoms with Gasteiger partial charge in [-0.2, -0.15) is 0 Å². The molecule has 2 aromatic rings. The molecule has 1 aliphatic carbocycles. The van der Waals surface area contributed by atoms with Crippen molar-refractivity contribution in [2.75, 3.05) is 13.2 Å². The van der Waals surface area contributed by atoms with Crippen LogP contribution in [0.15, 0.2) is 21.9 Å². The van der Waals surface area contributed by atoms with Crippen LogP contribution in [0.4, 0.5) is 0 Å². The summed E-state index contributed by atoms with van der Waals surface area (Å²) in [6.07, 6.45) is 4.60.